The molecular formula is C25H28FN5O4S. The van der Waals surface area contributed by atoms with Gasteiger partial charge in [-0.15, -0.1) is 0 Å². The van der Waals surface area contributed by atoms with Crippen molar-refractivity contribution in [3.8, 4) is 5.75 Å². The molecule has 0 aliphatic heterocycles. The van der Waals surface area contributed by atoms with E-state index in [0.717, 1.165) is 11.5 Å². The first-order chi connectivity index (χ1) is 16.9. The number of aromatic nitrogens is 1. The molecule has 3 amide bonds. The molecule has 1 aromatic heterocycles. The highest BCUT2D eigenvalue weighted by Gasteiger charge is 2.36. The molecule has 1 unspecified atom stereocenters. The van der Waals surface area contributed by atoms with Crippen LogP contribution in [0.3, 0.4) is 0 Å². The highest BCUT2D eigenvalue weighted by molar-refractivity contribution is 7.09. The van der Waals surface area contributed by atoms with Gasteiger partial charge < -0.3 is 26.4 Å². The van der Waals surface area contributed by atoms with Crippen LogP contribution in [0.4, 0.5) is 10.1 Å². The average molecular weight is 514 g/mol. The molecule has 36 heavy (non-hydrogen) atoms. The van der Waals surface area contributed by atoms with Crippen molar-refractivity contribution in [2.75, 3.05) is 12.8 Å². The highest BCUT2D eigenvalue weighted by atomic mass is 32.1. The lowest BCUT2D eigenvalue weighted by Crippen LogP contribution is -2.49. The van der Waals surface area contributed by atoms with Crippen molar-refractivity contribution in [1.82, 2.24) is 14.6 Å². The molecule has 0 saturated carbocycles. The molecule has 3 rings (SSSR count). The van der Waals surface area contributed by atoms with Gasteiger partial charge >= 0.3 is 0 Å². The molecule has 11 heteroatoms. The van der Waals surface area contributed by atoms with Crippen LogP contribution < -0.4 is 21.5 Å². The van der Waals surface area contributed by atoms with Crippen LogP contribution in [0.25, 0.3) is 0 Å². The van der Waals surface area contributed by atoms with Crippen molar-refractivity contribution < 1.29 is 23.5 Å². The molecule has 2 aromatic carbocycles. The fourth-order valence-corrected chi connectivity index (χ4v) is 4.28. The first-order valence-corrected chi connectivity index (χ1v) is 11.7. The number of rotatable bonds is 8. The second kappa shape index (κ2) is 10.7. The van der Waals surface area contributed by atoms with Crippen molar-refractivity contribution in [2.45, 2.75) is 38.9 Å². The predicted molar refractivity (Wildman–Crippen MR) is 135 cm³/mol. The van der Waals surface area contributed by atoms with Gasteiger partial charge in [0.15, 0.2) is 5.69 Å². The summed E-state index contributed by atoms with van der Waals surface area (Å²) < 4.78 is 22.9. The van der Waals surface area contributed by atoms with Gasteiger partial charge in [0, 0.05) is 12.1 Å². The molecule has 0 aliphatic rings. The largest absolute Gasteiger partial charge is 0.497 e. The SMILES string of the molecule is COc1ccc(CN(C(=O)c2snc(C(N)=O)c2N)C(C(=O)NC(C)(C)C)c2ccc(F)cc2)cc1. The number of hydrogen-bond donors (Lipinski definition) is 3. The zero-order chi connectivity index (χ0) is 26.6. The van der Waals surface area contributed by atoms with E-state index >= 15 is 0 Å². The van der Waals surface area contributed by atoms with Crippen LogP contribution in [0.15, 0.2) is 48.5 Å². The first kappa shape index (κ1) is 26.6. The van der Waals surface area contributed by atoms with Crippen LogP contribution in [-0.4, -0.2) is 39.6 Å². The number of nitrogens with zero attached hydrogens (tertiary/aromatic N) is 2. The summed E-state index contributed by atoms with van der Waals surface area (Å²) in [7, 11) is 1.54. The van der Waals surface area contributed by atoms with Gasteiger partial charge in [-0.2, -0.15) is 4.37 Å². The Bertz CT molecular complexity index is 1250. The Morgan fingerprint density at radius 1 is 1.11 bits per heavy atom. The third-order valence-corrected chi connectivity index (χ3v) is 6.02. The van der Waals surface area contributed by atoms with E-state index in [1.54, 1.807) is 24.3 Å². The zero-order valence-electron chi connectivity index (χ0n) is 20.4. The van der Waals surface area contributed by atoms with Crippen LogP contribution in [0.2, 0.25) is 0 Å². The summed E-state index contributed by atoms with van der Waals surface area (Å²) in [5.74, 6) is -1.85. The quantitative estimate of drug-likeness (QED) is 0.422. The van der Waals surface area contributed by atoms with Gasteiger partial charge in [-0.05, 0) is 67.7 Å². The number of nitrogen functional groups attached to an aromatic ring is 1. The van der Waals surface area contributed by atoms with E-state index in [-0.39, 0.29) is 22.8 Å². The number of benzene rings is 2. The highest BCUT2D eigenvalue weighted by Crippen LogP contribution is 2.31. The van der Waals surface area contributed by atoms with E-state index in [2.05, 4.69) is 9.69 Å². The van der Waals surface area contributed by atoms with Crippen LogP contribution in [-0.2, 0) is 11.3 Å². The smallest absolute Gasteiger partial charge is 0.270 e. The molecule has 0 saturated heterocycles. The summed E-state index contributed by atoms with van der Waals surface area (Å²) >= 11 is 0.719. The van der Waals surface area contributed by atoms with Crippen LogP contribution >= 0.6 is 11.5 Å². The molecule has 0 aliphatic carbocycles. The van der Waals surface area contributed by atoms with E-state index in [1.807, 2.05) is 20.8 Å². The second-order valence-electron chi connectivity index (χ2n) is 9.11. The maximum atomic E-state index is 13.9. The Morgan fingerprint density at radius 3 is 2.22 bits per heavy atom. The third kappa shape index (κ3) is 6.16. The molecule has 3 aromatic rings. The Labute approximate surface area is 212 Å². The van der Waals surface area contributed by atoms with Crippen LogP contribution in [0, 0.1) is 5.82 Å². The Kier molecular flexibility index (Phi) is 7.93. The minimum atomic E-state index is -1.15. The number of ether oxygens (including phenoxy) is 1. The average Bonchev–Trinajstić information content (AvgIpc) is 3.20. The molecule has 0 fully saturated rings. The molecular weight excluding hydrogens is 485 g/mol. The maximum Gasteiger partial charge on any atom is 0.270 e. The molecule has 1 heterocycles. The number of halogens is 1. The van der Waals surface area contributed by atoms with Gasteiger partial charge in [-0.3, -0.25) is 14.4 Å². The molecule has 1 atom stereocenters. The fourth-order valence-electron chi connectivity index (χ4n) is 3.52. The second-order valence-corrected chi connectivity index (χ2v) is 9.89. The molecule has 9 nitrogen and oxygen atoms in total. The maximum absolute atomic E-state index is 13.9. The number of nitrogens with one attached hydrogen (secondary N) is 1. The van der Waals surface area contributed by atoms with Crippen molar-refractivity contribution in [1.29, 1.82) is 0 Å². The van der Waals surface area contributed by atoms with Crippen molar-refractivity contribution in [3.05, 3.63) is 76.0 Å². The topological polar surface area (TPSA) is 141 Å². The zero-order valence-corrected chi connectivity index (χ0v) is 21.2. The molecule has 190 valence electrons. The number of primary amides is 1. The van der Waals surface area contributed by atoms with Crippen LogP contribution in [0.5, 0.6) is 5.75 Å². The van der Waals surface area contributed by atoms with E-state index in [4.69, 9.17) is 16.2 Å². The number of nitrogens with two attached hydrogens (primary N) is 2. The van der Waals surface area contributed by atoms with E-state index in [0.29, 0.717) is 16.9 Å². The number of carbonyl (C=O) groups is 3. The summed E-state index contributed by atoms with van der Waals surface area (Å²) in [6, 6.07) is 11.1. The number of hydrogen-bond acceptors (Lipinski definition) is 7. The lowest BCUT2D eigenvalue weighted by Gasteiger charge is -2.33. The standard InChI is InChI=1S/C25H28FN5O4S/c1-25(2,3)29-23(33)20(15-7-9-16(26)10-8-15)31(13-14-5-11-17(35-4)12-6-14)24(34)21-18(27)19(22(28)32)30-36-21/h5-12,20H,13,27H2,1-4H3,(H2,28,32)(H,29,33). The van der Waals surface area contributed by atoms with Gasteiger partial charge in [0.25, 0.3) is 11.8 Å². The van der Waals surface area contributed by atoms with Crippen molar-refractivity contribution in [3.63, 3.8) is 0 Å². The monoisotopic (exact) mass is 513 g/mol. The summed E-state index contributed by atoms with van der Waals surface area (Å²) in [6.45, 7) is 5.42. The summed E-state index contributed by atoms with van der Waals surface area (Å²) in [4.78, 5) is 40.4. The summed E-state index contributed by atoms with van der Waals surface area (Å²) in [6.07, 6.45) is 0. The summed E-state index contributed by atoms with van der Waals surface area (Å²) in [5.41, 5.74) is 11.5. The molecule has 0 radical (unpaired) electrons. The minimum absolute atomic E-state index is 0.00826. The summed E-state index contributed by atoms with van der Waals surface area (Å²) in [5, 5.41) is 2.90. The Hall–Kier alpha value is -3.99. The first-order valence-electron chi connectivity index (χ1n) is 11.0. The van der Waals surface area contributed by atoms with Crippen molar-refractivity contribution >= 4 is 34.9 Å². The van der Waals surface area contributed by atoms with E-state index in [1.165, 1.54) is 36.3 Å². The van der Waals surface area contributed by atoms with Crippen molar-refractivity contribution in [2.24, 2.45) is 5.73 Å². The molecule has 0 bridgehead atoms. The van der Waals surface area contributed by atoms with Gasteiger partial charge in [-0.25, -0.2) is 4.39 Å². The number of carbonyl (C=O) groups excluding carboxylic acids is 3. The van der Waals surface area contributed by atoms with Crippen LogP contribution in [0.1, 0.15) is 58.1 Å². The number of anilines is 1. The molecule has 0 spiro atoms. The lowest BCUT2D eigenvalue weighted by atomic mass is 10.0. The predicted octanol–water partition coefficient (Wildman–Crippen LogP) is 3.27. The minimum Gasteiger partial charge on any atom is -0.497 e. The van der Waals surface area contributed by atoms with Gasteiger partial charge in [-0.1, -0.05) is 24.3 Å². The van der Waals surface area contributed by atoms with Gasteiger partial charge in [0.1, 0.15) is 22.5 Å². The van der Waals surface area contributed by atoms with Gasteiger partial charge in [0.05, 0.1) is 12.8 Å². The number of amides is 3. The van der Waals surface area contributed by atoms with E-state index < -0.39 is 35.1 Å². The Balaban J connectivity index is 2.15. The number of methoxy groups -OCH3 is 1. The fraction of sp³-hybridized carbons (Fsp3) is 0.280. The molecule has 5 N–H and O–H groups in total. The van der Waals surface area contributed by atoms with E-state index in [9.17, 15) is 18.8 Å². The van der Waals surface area contributed by atoms with Gasteiger partial charge in [0.2, 0.25) is 5.91 Å². The lowest BCUT2D eigenvalue weighted by molar-refractivity contribution is -0.127. The normalized spacial score (nSPS) is 12.0. The Morgan fingerprint density at radius 2 is 1.72 bits per heavy atom. The third-order valence-electron chi connectivity index (χ3n) is 5.17.